The van der Waals surface area contributed by atoms with E-state index in [1.807, 2.05) is 37.3 Å². The van der Waals surface area contributed by atoms with Gasteiger partial charge < -0.3 is 15.3 Å². The molecule has 0 aromatic heterocycles. The number of rotatable bonds is 12. The molecule has 7 heteroatoms. The van der Waals surface area contributed by atoms with Crippen LogP contribution in [0.4, 0.5) is 11.4 Å². The van der Waals surface area contributed by atoms with E-state index in [0.29, 0.717) is 24.5 Å². The van der Waals surface area contributed by atoms with Gasteiger partial charge in [0.25, 0.3) is 0 Å². The predicted octanol–water partition coefficient (Wildman–Crippen LogP) is 5.85. The summed E-state index contributed by atoms with van der Waals surface area (Å²) in [5.74, 6) is -0.696. The Labute approximate surface area is 210 Å². The summed E-state index contributed by atoms with van der Waals surface area (Å²) >= 11 is 0. The average Bonchev–Trinajstić information content (AvgIpc) is 2.92. The molecule has 2 aromatic rings. The third kappa shape index (κ3) is 6.85. The van der Waals surface area contributed by atoms with E-state index >= 15 is 0 Å². The number of nitrogens with zero attached hydrogens (tertiary/aromatic N) is 1. The molecule has 0 amide bonds. The van der Waals surface area contributed by atoms with E-state index in [-0.39, 0.29) is 17.6 Å². The van der Waals surface area contributed by atoms with Gasteiger partial charge in [0.05, 0.1) is 22.8 Å². The Morgan fingerprint density at radius 1 is 1.09 bits per heavy atom. The molecule has 0 bridgehead atoms. The molecule has 2 aromatic carbocycles. The molecular formula is C28H40N2O4S. The van der Waals surface area contributed by atoms with Crippen LogP contribution in [0.5, 0.6) is 0 Å². The summed E-state index contributed by atoms with van der Waals surface area (Å²) in [5.41, 5.74) is 3.33. The lowest BCUT2D eigenvalue weighted by Crippen LogP contribution is -2.38. The van der Waals surface area contributed by atoms with Gasteiger partial charge in [-0.2, -0.15) is 0 Å². The number of nitrogens with one attached hydrogen (secondary N) is 1. The van der Waals surface area contributed by atoms with Crippen LogP contribution in [0.1, 0.15) is 69.9 Å². The van der Waals surface area contributed by atoms with E-state index in [2.05, 4.69) is 36.2 Å². The molecule has 2 N–H and O–H groups in total. The summed E-state index contributed by atoms with van der Waals surface area (Å²) in [7, 11) is -3.53. The molecule has 0 fully saturated rings. The molecule has 192 valence electrons. The lowest BCUT2D eigenvalue weighted by Gasteiger charge is -2.37. The first-order chi connectivity index (χ1) is 16.7. The molecule has 0 radical (unpaired) electrons. The summed E-state index contributed by atoms with van der Waals surface area (Å²) in [4.78, 5) is 13.5. The molecule has 1 heterocycles. The second-order valence-corrected chi connectivity index (χ2v) is 11.9. The molecule has 6 nitrogen and oxygen atoms in total. The van der Waals surface area contributed by atoms with E-state index in [1.165, 1.54) is 0 Å². The van der Waals surface area contributed by atoms with Crippen molar-refractivity contribution in [1.29, 1.82) is 0 Å². The molecule has 35 heavy (non-hydrogen) atoms. The number of sulfone groups is 1. The summed E-state index contributed by atoms with van der Waals surface area (Å²) in [5, 5.41) is 12.1. The minimum Gasteiger partial charge on any atom is -0.481 e. The number of carboxylic acid groups (broad SMARTS) is 1. The number of hydrogen-bond acceptors (Lipinski definition) is 5. The van der Waals surface area contributed by atoms with E-state index < -0.39 is 15.8 Å². The zero-order chi connectivity index (χ0) is 25.5. The molecule has 0 aliphatic carbocycles. The summed E-state index contributed by atoms with van der Waals surface area (Å²) in [6, 6.07) is 13.9. The second-order valence-electron chi connectivity index (χ2n) is 9.95. The number of para-hydroxylation sites is 1. The number of anilines is 2. The minimum absolute atomic E-state index is 0.0292. The minimum atomic E-state index is -3.53. The van der Waals surface area contributed by atoms with E-state index in [1.54, 1.807) is 0 Å². The number of carbonyl (C=O) groups is 1. The topological polar surface area (TPSA) is 86.7 Å². The summed E-state index contributed by atoms with van der Waals surface area (Å²) in [6.07, 6.45) is 5.91. The van der Waals surface area contributed by atoms with Crippen molar-refractivity contribution in [3.05, 3.63) is 53.6 Å². The van der Waals surface area contributed by atoms with Crippen LogP contribution >= 0.6 is 0 Å². The molecule has 0 saturated carbocycles. The predicted molar refractivity (Wildman–Crippen MR) is 142 cm³/mol. The highest BCUT2D eigenvalue weighted by Gasteiger charge is 2.42. The number of aryl methyl sites for hydroxylation is 1. The van der Waals surface area contributed by atoms with Crippen LogP contribution in [-0.2, 0) is 21.2 Å². The van der Waals surface area contributed by atoms with Gasteiger partial charge in [-0.05, 0) is 55.2 Å². The van der Waals surface area contributed by atoms with Gasteiger partial charge in [0, 0.05) is 30.7 Å². The highest BCUT2D eigenvalue weighted by molar-refractivity contribution is 7.91. The lowest BCUT2D eigenvalue weighted by molar-refractivity contribution is -0.136. The van der Waals surface area contributed by atoms with Crippen molar-refractivity contribution in [3.63, 3.8) is 0 Å². The first-order valence-electron chi connectivity index (χ1n) is 12.8. The van der Waals surface area contributed by atoms with Crippen molar-refractivity contribution >= 4 is 27.2 Å². The molecule has 1 aliphatic heterocycles. The van der Waals surface area contributed by atoms with Crippen molar-refractivity contribution in [3.8, 4) is 0 Å². The number of fused-ring (bicyclic) bond motifs is 1. The Morgan fingerprint density at radius 3 is 2.34 bits per heavy atom. The van der Waals surface area contributed by atoms with Crippen LogP contribution in [0.15, 0.2) is 47.4 Å². The van der Waals surface area contributed by atoms with Crippen LogP contribution in [0.2, 0.25) is 0 Å². The Hall–Kier alpha value is -2.38. The molecular weight excluding hydrogens is 460 g/mol. The van der Waals surface area contributed by atoms with E-state index in [4.69, 9.17) is 5.11 Å². The molecule has 0 unspecified atom stereocenters. The summed E-state index contributed by atoms with van der Waals surface area (Å²) in [6.45, 7) is 7.77. The highest BCUT2D eigenvalue weighted by Crippen LogP contribution is 2.45. The third-order valence-electron chi connectivity index (χ3n) is 7.05. The first-order valence-corrected chi connectivity index (χ1v) is 14.5. The van der Waals surface area contributed by atoms with Crippen LogP contribution in [0, 0.1) is 12.3 Å². The monoisotopic (exact) mass is 500 g/mol. The quantitative estimate of drug-likeness (QED) is 0.356. The van der Waals surface area contributed by atoms with Gasteiger partial charge in [-0.3, -0.25) is 4.79 Å². The van der Waals surface area contributed by atoms with Crippen molar-refractivity contribution < 1.29 is 18.3 Å². The van der Waals surface area contributed by atoms with Crippen molar-refractivity contribution in [2.75, 3.05) is 23.7 Å². The largest absolute Gasteiger partial charge is 0.481 e. The Kier molecular flexibility index (Phi) is 9.36. The van der Waals surface area contributed by atoms with Gasteiger partial charge in [-0.15, -0.1) is 0 Å². The van der Waals surface area contributed by atoms with Crippen LogP contribution in [0.3, 0.4) is 0 Å². The fourth-order valence-corrected chi connectivity index (χ4v) is 7.25. The highest BCUT2D eigenvalue weighted by atomic mass is 32.2. The van der Waals surface area contributed by atoms with Crippen molar-refractivity contribution in [1.82, 2.24) is 5.32 Å². The number of unbranched alkanes of at least 4 members (excludes halogenated alkanes) is 2. The fourth-order valence-electron chi connectivity index (χ4n) is 5.10. The van der Waals surface area contributed by atoms with Crippen molar-refractivity contribution in [2.45, 2.75) is 77.2 Å². The second kappa shape index (κ2) is 12.0. The number of hydrogen-bond donors (Lipinski definition) is 2. The molecule has 3 rings (SSSR count). The fraction of sp³-hybridized carbons (Fsp3) is 0.536. The Balaban J connectivity index is 2.10. The summed E-state index contributed by atoms with van der Waals surface area (Å²) < 4.78 is 27.9. The standard InChI is InChI=1S/C28H40N2O4S/c1-4-6-14-28(15-7-5-2)20-30(24-11-9-8-10-12-24)25-17-22(3)23(19-29-16-13-27(31)32)18-26(25)35(33,34)21-28/h8-12,17-18,29H,4-7,13-16,19-21H2,1-3H3,(H,31,32). The zero-order valence-electron chi connectivity index (χ0n) is 21.3. The van der Waals surface area contributed by atoms with Gasteiger partial charge in [0.15, 0.2) is 9.84 Å². The number of aliphatic carboxylic acids is 1. The Bertz CT molecular complexity index is 1090. The van der Waals surface area contributed by atoms with E-state index in [9.17, 15) is 13.2 Å². The normalized spacial score (nSPS) is 16.5. The maximum Gasteiger partial charge on any atom is 0.304 e. The number of carboxylic acids is 1. The molecule has 0 saturated heterocycles. The van der Waals surface area contributed by atoms with Crippen molar-refractivity contribution in [2.24, 2.45) is 5.41 Å². The van der Waals surface area contributed by atoms with Gasteiger partial charge in [0.1, 0.15) is 0 Å². The molecule has 0 atom stereocenters. The molecule has 1 aliphatic rings. The van der Waals surface area contributed by atoms with E-state index in [0.717, 1.165) is 61.0 Å². The first kappa shape index (κ1) is 27.2. The van der Waals surface area contributed by atoms with Crippen LogP contribution in [0.25, 0.3) is 0 Å². The Morgan fingerprint density at radius 2 is 1.74 bits per heavy atom. The lowest BCUT2D eigenvalue weighted by atomic mass is 9.79. The van der Waals surface area contributed by atoms with Gasteiger partial charge >= 0.3 is 5.97 Å². The van der Waals surface area contributed by atoms with Crippen LogP contribution in [-0.4, -0.2) is 38.3 Å². The van der Waals surface area contributed by atoms with Gasteiger partial charge in [0.2, 0.25) is 0 Å². The average molecular weight is 501 g/mol. The zero-order valence-corrected chi connectivity index (χ0v) is 22.2. The van der Waals surface area contributed by atoms with Crippen LogP contribution < -0.4 is 10.2 Å². The van der Waals surface area contributed by atoms with Gasteiger partial charge in [-0.1, -0.05) is 57.7 Å². The molecule has 0 spiro atoms. The number of benzene rings is 2. The smallest absolute Gasteiger partial charge is 0.304 e. The SMILES string of the molecule is CCCCC1(CCCC)CN(c2ccccc2)c2cc(C)c(CNCCC(=O)O)cc2S(=O)(=O)C1. The maximum absolute atomic E-state index is 14.0. The third-order valence-corrected chi connectivity index (χ3v) is 9.04. The maximum atomic E-state index is 14.0. The van der Waals surface area contributed by atoms with Gasteiger partial charge in [-0.25, -0.2) is 8.42 Å².